The van der Waals surface area contributed by atoms with Crippen molar-refractivity contribution in [2.75, 3.05) is 0 Å². The van der Waals surface area contributed by atoms with Gasteiger partial charge < -0.3 is 20.4 Å². The molecule has 4 nitrogen and oxygen atoms in total. The van der Waals surface area contributed by atoms with E-state index in [2.05, 4.69) is 0 Å². The van der Waals surface area contributed by atoms with Gasteiger partial charge in [0.15, 0.2) is 0 Å². The van der Waals surface area contributed by atoms with Crippen LogP contribution in [-0.4, -0.2) is 32.0 Å². The smallest absolute Gasteiger partial charge is 0.218 e. The van der Waals surface area contributed by atoms with Crippen LogP contribution < -0.4 is 0 Å². The van der Waals surface area contributed by atoms with E-state index in [4.69, 9.17) is 0 Å². The summed E-state index contributed by atoms with van der Waals surface area (Å²) in [7, 11) is 0. The van der Waals surface area contributed by atoms with Crippen LogP contribution in [0.5, 0.6) is 0 Å². The van der Waals surface area contributed by atoms with Gasteiger partial charge in [-0.2, -0.15) is 0 Å². The van der Waals surface area contributed by atoms with Crippen LogP contribution in [0.2, 0.25) is 0 Å². The number of aliphatic hydroxyl groups is 4. The zero-order chi connectivity index (χ0) is 22.0. The first-order valence-corrected chi connectivity index (χ1v) is 13.4. The summed E-state index contributed by atoms with van der Waals surface area (Å²) in [5.41, 5.74) is 0. The SMILES string of the molecule is OC1(O)CCCCCCCCCCCCCCCCCCCCCCCCC1(O)O. The van der Waals surface area contributed by atoms with Gasteiger partial charge >= 0.3 is 0 Å². The molecule has 1 rings (SSSR count). The number of rotatable bonds is 0. The molecule has 0 saturated heterocycles. The third kappa shape index (κ3) is 14.0. The molecular weight excluding hydrogens is 376 g/mol. The van der Waals surface area contributed by atoms with E-state index in [-0.39, 0.29) is 12.8 Å². The molecule has 0 atom stereocenters. The minimum absolute atomic E-state index is 0.0278. The van der Waals surface area contributed by atoms with E-state index in [9.17, 15) is 20.4 Å². The third-order valence-corrected chi connectivity index (χ3v) is 6.94. The van der Waals surface area contributed by atoms with Crippen LogP contribution >= 0.6 is 0 Å². The quantitative estimate of drug-likeness (QED) is 0.323. The molecule has 0 aromatic heterocycles. The first-order valence-electron chi connectivity index (χ1n) is 13.4. The zero-order valence-corrected chi connectivity index (χ0v) is 19.8. The highest BCUT2D eigenvalue weighted by atomic mass is 16.6. The Morgan fingerprint density at radius 1 is 0.233 bits per heavy atom. The molecular formula is C26H52O4. The van der Waals surface area contributed by atoms with Crippen LogP contribution in [0.15, 0.2) is 0 Å². The van der Waals surface area contributed by atoms with Crippen LogP contribution in [0.1, 0.15) is 154 Å². The zero-order valence-electron chi connectivity index (χ0n) is 19.8. The van der Waals surface area contributed by atoms with Crippen molar-refractivity contribution in [2.45, 2.75) is 166 Å². The van der Waals surface area contributed by atoms with Crippen molar-refractivity contribution >= 4 is 0 Å². The summed E-state index contributed by atoms with van der Waals surface area (Å²) in [5, 5.41) is 40.7. The normalized spacial score (nSPS) is 26.0. The second-order valence-electron chi connectivity index (χ2n) is 9.91. The van der Waals surface area contributed by atoms with Gasteiger partial charge in [0.25, 0.3) is 0 Å². The second kappa shape index (κ2) is 17.4. The van der Waals surface area contributed by atoms with Gasteiger partial charge in [-0.25, -0.2) is 0 Å². The summed E-state index contributed by atoms with van der Waals surface area (Å²) >= 11 is 0. The fourth-order valence-electron chi connectivity index (χ4n) is 4.68. The van der Waals surface area contributed by atoms with E-state index in [0.29, 0.717) is 12.8 Å². The Morgan fingerprint density at radius 2 is 0.367 bits per heavy atom. The minimum atomic E-state index is -2.40. The maximum absolute atomic E-state index is 10.2. The van der Waals surface area contributed by atoms with Crippen molar-refractivity contribution in [1.82, 2.24) is 0 Å². The van der Waals surface area contributed by atoms with Gasteiger partial charge in [-0.3, -0.25) is 0 Å². The van der Waals surface area contributed by atoms with Crippen LogP contribution in [0.3, 0.4) is 0 Å². The van der Waals surface area contributed by atoms with Gasteiger partial charge in [0.05, 0.1) is 0 Å². The average molecular weight is 429 g/mol. The molecule has 0 aromatic carbocycles. The summed E-state index contributed by atoms with van der Waals surface area (Å²) in [4.78, 5) is 0. The number of hydrogen-bond acceptors (Lipinski definition) is 4. The summed E-state index contributed by atoms with van der Waals surface area (Å²) in [6.07, 6.45) is 26.6. The molecule has 0 aromatic rings. The van der Waals surface area contributed by atoms with Crippen LogP contribution in [-0.2, 0) is 0 Å². The van der Waals surface area contributed by atoms with Gasteiger partial charge in [-0.05, 0) is 12.8 Å². The van der Waals surface area contributed by atoms with Crippen LogP contribution in [0, 0.1) is 0 Å². The predicted molar refractivity (Wildman–Crippen MR) is 125 cm³/mol. The highest BCUT2D eigenvalue weighted by Gasteiger charge is 2.45. The van der Waals surface area contributed by atoms with Gasteiger partial charge in [-0.15, -0.1) is 0 Å². The van der Waals surface area contributed by atoms with Crippen molar-refractivity contribution < 1.29 is 20.4 Å². The summed E-state index contributed by atoms with van der Waals surface area (Å²) in [6.45, 7) is 0. The van der Waals surface area contributed by atoms with Crippen LogP contribution in [0.4, 0.5) is 0 Å². The van der Waals surface area contributed by atoms with Gasteiger partial charge in [0.2, 0.25) is 11.6 Å². The Bertz CT molecular complexity index is 345. The van der Waals surface area contributed by atoms with E-state index in [0.717, 1.165) is 25.7 Å². The third-order valence-electron chi connectivity index (χ3n) is 6.94. The number of hydrogen-bond donors (Lipinski definition) is 4. The Kier molecular flexibility index (Phi) is 16.2. The monoisotopic (exact) mass is 428 g/mol. The lowest BCUT2D eigenvalue weighted by atomic mass is 9.93. The molecule has 1 fully saturated rings. The van der Waals surface area contributed by atoms with E-state index in [1.54, 1.807) is 0 Å². The molecule has 0 amide bonds. The molecule has 1 aliphatic carbocycles. The average Bonchev–Trinajstić information content (AvgIpc) is 2.70. The molecule has 0 unspecified atom stereocenters. The van der Waals surface area contributed by atoms with Gasteiger partial charge in [0, 0.05) is 12.8 Å². The van der Waals surface area contributed by atoms with Crippen LogP contribution in [0.25, 0.3) is 0 Å². The molecule has 4 heteroatoms. The van der Waals surface area contributed by atoms with Crippen molar-refractivity contribution in [3.63, 3.8) is 0 Å². The standard InChI is InChI=1S/C26H52O4/c27-25(28)23-21-19-17-15-13-11-9-7-5-3-1-2-4-6-8-10-12-14-16-18-20-22-24-26(25,29)30/h27-30H,1-24H2. The van der Waals surface area contributed by atoms with E-state index in [1.165, 1.54) is 103 Å². The van der Waals surface area contributed by atoms with E-state index < -0.39 is 11.6 Å². The first-order chi connectivity index (χ1) is 14.5. The molecule has 0 radical (unpaired) electrons. The predicted octanol–water partition coefficient (Wildman–Crippen LogP) is 6.72. The molecule has 1 saturated carbocycles. The van der Waals surface area contributed by atoms with E-state index in [1.807, 2.05) is 0 Å². The molecule has 0 bridgehead atoms. The molecule has 1 aliphatic rings. The molecule has 180 valence electrons. The Hall–Kier alpha value is -0.160. The van der Waals surface area contributed by atoms with Crippen molar-refractivity contribution in [1.29, 1.82) is 0 Å². The van der Waals surface area contributed by atoms with Crippen molar-refractivity contribution in [3.05, 3.63) is 0 Å². The second-order valence-corrected chi connectivity index (χ2v) is 9.91. The summed E-state index contributed by atoms with van der Waals surface area (Å²) in [5.74, 6) is -4.81. The summed E-state index contributed by atoms with van der Waals surface area (Å²) in [6, 6.07) is 0. The first kappa shape index (κ1) is 27.9. The topological polar surface area (TPSA) is 80.9 Å². The summed E-state index contributed by atoms with van der Waals surface area (Å²) < 4.78 is 0. The van der Waals surface area contributed by atoms with Gasteiger partial charge in [-0.1, -0.05) is 128 Å². The molecule has 30 heavy (non-hydrogen) atoms. The van der Waals surface area contributed by atoms with E-state index >= 15 is 0 Å². The lowest BCUT2D eigenvalue weighted by Gasteiger charge is -2.35. The largest absolute Gasteiger partial charge is 0.361 e. The minimum Gasteiger partial charge on any atom is -0.361 e. The lowest BCUT2D eigenvalue weighted by Crippen LogP contribution is -2.54. The maximum atomic E-state index is 10.2. The Morgan fingerprint density at radius 3 is 0.533 bits per heavy atom. The van der Waals surface area contributed by atoms with Crippen molar-refractivity contribution in [2.24, 2.45) is 0 Å². The highest BCUT2D eigenvalue weighted by Crippen LogP contribution is 2.29. The fraction of sp³-hybridized carbons (Fsp3) is 1.00. The molecule has 4 N–H and O–H groups in total. The lowest BCUT2D eigenvalue weighted by molar-refractivity contribution is -0.361. The van der Waals surface area contributed by atoms with Crippen molar-refractivity contribution in [3.8, 4) is 0 Å². The molecule has 0 heterocycles. The Labute approximate surface area is 186 Å². The molecule has 0 spiro atoms. The van der Waals surface area contributed by atoms with Gasteiger partial charge in [0.1, 0.15) is 0 Å². The maximum Gasteiger partial charge on any atom is 0.218 e. The molecule has 0 aliphatic heterocycles. The highest BCUT2D eigenvalue weighted by molar-refractivity contribution is 4.82. The fourth-order valence-corrected chi connectivity index (χ4v) is 4.68. The Balaban J connectivity index is 2.29.